The first-order valence-corrected chi connectivity index (χ1v) is 13.9. The highest BCUT2D eigenvalue weighted by Crippen LogP contribution is 2.38. The number of methoxy groups -OCH3 is 1. The Morgan fingerprint density at radius 3 is 2.65 bits per heavy atom. The number of nitrogens with one attached hydrogen (secondary N) is 4. The average molecular weight is 584 g/mol. The minimum atomic E-state index is -0.510. The van der Waals surface area contributed by atoms with Crippen LogP contribution in [0.3, 0.4) is 0 Å². The minimum Gasteiger partial charge on any atom is -0.496 e. The van der Waals surface area contributed by atoms with Gasteiger partial charge in [-0.3, -0.25) is 5.10 Å². The van der Waals surface area contributed by atoms with Crippen molar-refractivity contribution in [3.8, 4) is 34.6 Å². The molecule has 4 aromatic rings. The summed E-state index contributed by atoms with van der Waals surface area (Å²) in [7, 11) is 1.58. The van der Waals surface area contributed by atoms with Gasteiger partial charge < -0.3 is 35.1 Å². The highest BCUT2D eigenvalue weighted by molar-refractivity contribution is 5.76. The number of hydrogen-bond acceptors (Lipinski definition) is 11. The Morgan fingerprint density at radius 1 is 1.07 bits per heavy atom. The van der Waals surface area contributed by atoms with Gasteiger partial charge in [0, 0.05) is 44.5 Å². The van der Waals surface area contributed by atoms with Crippen LogP contribution in [0.15, 0.2) is 54.9 Å². The van der Waals surface area contributed by atoms with Gasteiger partial charge in [0.15, 0.2) is 11.5 Å². The van der Waals surface area contributed by atoms with Crippen molar-refractivity contribution < 1.29 is 19.0 Å². The molecule has 2 aromatic heterocycles. The quantitative estimate of drug-likeness (QED) is 0.190. The summed E-state index contributed by atoms with van der Waals surface area (Å²) in [5.74, 6) is 2.68. The van der Waals surface area contributed by atoms with Crippen molar-refractivity contribution in [1.82, 2.24) is 30.8 Å². The van der Waals surface area contributed by atoms with Gasteiger partial charge in [-0.2, -0.15) is 10.4 Å². The van der Waals surface area contributed by atoms with Gasteiger partial charge in [-0.1, -0.05) is 6.07 Å². The second-order valence-electron chi connectivity index (χ2n) is 9.73. The summed E-state index contributed by atoms with van der Waals surface area (Å²) in [6.07, 6.45) is 2.88. The van der Waals surface area contributed by atoms with Gasteiger partial charge in [-0.25, -0.2) is 14.8 Å². The summed E-state index contributed by atoms with van der Waals surface area (Å²) in [5.41, 5.74) is 3.62. The van der Waals surface area contributed by atoms with E-state index in [4.69, 9.17) is 19.5 Å². The fourth-order valence-corrected chi connectivity index (χ4v) is 4.61. The van der Waals surface area contributed by atoms with Crippen molar-refractivity contribution in [3.63, 3.8) is 0 Å². The zero-order valence-corrected chi connectivity index (χ0v) is 24.0. The number of carbonyl (C=O) groups is 1. The van der Waals surface area contributed by atoms with E-state index in [0.717, 1.165) is 37.4 Å². The molecule has 0 spiro atoms. The van der Waals surface area contributed by atoms with Crippen LogP contribution in [0.1, 0.15) is 17.7 Å². The zero-order chi connectivity index (χ0) is 30.0. The van der Waals surface area contributed by atoms with E-state index in [2.05, 4.69) is 41.0 Å². The highest BCUT2D eigenvalue weighted by atomic mass is 16.6. The molecular weight excluding hydrogens is 550 g/mol. The fraction of sp³-hybridized carbons (Fsp3) is 0.300. The Hall–Kier alpha value is -5.35. The van der Waals surface area contributed by atoms with Crippen LogP contribution >= 0.6 is 0 Å². The van der Waals surface area contributed by atoms with Gasteiger partial charge in [0.25, 0.3) is 0 Å². The van der Waals surface area contributed by atoms with Crippen LogP contribution < -0.4 is 35.1 Å². The average Bonchev–Trinajstić information content (AvgIpc) is 3.50. The lowest BCUT2D eigenvalue weighted by atomic mass is 10.1. The zero-order valence-electron chi connectivity index (χ0n) is 24.0. The van der Waals surface area contributed by atoms with Gasteiger partial charge >= 0.3 is 6.09 Å². The summed E-state index contributed by atoms with van der Waals surface area (Å²) in [6, 6.07) is 15.1. The molecule has 5 rings (SSSR count). The van der Waals surface area contributed by atoms with Gasteiger partial charge in [-0.15, -0.1) is 0 Å². The minimum absolute atomic E-state index is 0.224. The summed E-state index contributed by atoms with van der Waals surface area (Å²) in [5, 5.41) is 25.4. The first-order valence-electron chi connectivity index (χ1n) is 13.9. The van der Waals surface area contributed by atoms with Crippen molar-refractivity contribution in [3.05, 3.63) is 66.1 Å². The van der Waals surface area contributed by atoms with Crippen LogP contribution in [0.2, 0.25) is 0 Å². The molecule has 4 N–H and O–H groups in total. The maximum Gasteiger partial charge on any atom is 0.412 e. The summed E-state index contributed by atoms with van der Waals surface area (Å²) < 4.78 is 17.2. The molecule has 13 nitrogen and oxygen atoms in total. The van der Waals surface area contributed by atoms with Crippen LogP contribution in [-0.2, 0) is 0 Å². The number of rotatable bonds is 11. The van der Waals surface area contributed by atoms with Crippen LogP contribution in [-0.4, -0.2) is 72.7 Å². The second kappa shape index (κ2) is 14.0. The molecular formula is C30H33N9O4. The third-order valence-corrected chi connectivity index (χ3v) is 6.77. The molecule has 1 amide bonds. The third-order valence-electron chi connectivity index (χ3n) is 6.77. The molecule has 0 radical (unpaired) electrons. The monoisotopic (exact) mass is 583 g/mol. The lowest BCUT2D eigenvalue weighted by Gasteiger charge is -2.29. The van der Waals surface area contributed by atoms with Gasteiger partial charge in [-0.05, 0) is 49.2 Å². The van der Waals surface area contributed by atoms with E-state index >= 15 is 0 Å². The van der Waals surface area contributed by atoms with E-state index in [0.29, 0.717) is 59.7 Å². The lowest BCUT2D eigenvalue weighted by molar-refractivity contribution is 0.199. The number of piperazine rings is 1. The summed E-state index contributed by atoms with van der Waals surface area (Å²) in [4.78, 5) is 22.9. The normalized spacial score (nSPS) is 12.7. The molecule has 222 valence electrons. The Bertz CT molecular complexity index is 1580. The van der Waals surface area contributed by atoms with E-state index in [9.17, 15) is 4.79 Å². The molecule has 1 aliphatic heterocycles. The number of aromatic nitrogens is 4. The SMILES string of the molecule is COc1cccc(OCCCNC(=O)Oc2ccc(N3CCNCC3)cc2C)c1-c1cc(Nc2cnc(C#N)cn2)n[nH]1. The number of anilines is 3. The highest BCUT2D eigenvalue weighted by Gasteiger charge is 2.17. The second-order valence-corrected chi connectivity index (χ2v) is 9.73. The number of aromatic amines is 1. The Balaban J connectivity index is 1.13. The van der Waals surface area contributed by atoms with Crippen LogP contribution in [0.4, 0.5) is 22.1 Å². The number of amides is 1. The topological polar surface area (TPSA) is 162 Å². The van der Waals surface area contributed by atoms with Gasteiger partial charge in [0.2, 0.25) is 0 Å². The first kappa shape index (κ1) is 29.2. The number of hydrogen-bond donors (Lipinski definition) is 4. The third kappa shape index (κ3) is 7.49. The molecule has 0 saturated carbocycles. The smallest absolute Gasteiger partial charge is 0.412 e. The van der Waals surface area contributed by atoms with Crippen molar-refractivity contribution in [2.75, 3.05) is 56.7 Å². The molecule has 0 unspecified atom stereocenters. The molecule has 0 atom stereocenters. The van der Waals surface area contributed by atoms with Crippen LogP contribution in [0.25, 0.3) is 11.3 Å². The molecule has 1 aliphatic rings. The standard InChI is InChI=1S/C30H33N9O4/c1-20-15-22(39-12-10-32-11-13-39)7-8-24(20)43-30(40)33-9-4-14-42-26-6-3-5-25(41-2)29(26)23-16-27(38-37-23)36-28-19-34-21(17-31)18-35-28/h3,5-8,15-16,18-19,32H,4,9-14H2,1-2H3,(H,33,40)(H2,35,36,37,38). The Labute approximate surface area is 249 Å². The van der Waals surface area contributed by atoms with E-state index < -0.39 is 6.09 Å². The number of benzene rings is 2. The summed E-state index contributed by atoms with van der Waals surface area (Å²) >= 11 is 0. The molecule has 0 bridgehead atoms. The predicted octanol–water partition coefficient (Wildman–Crippen LogP) is 3.77. The molecule has 0 aliphatic carbocycles. The van der Waals surface area contributed by atoms with Crippen LogP contribution in [0.5, 0.6) is 17.2 Å². The first-order chi connectivity index (χ1) is 21.0. The van der Waals surface area contributed by atoms with Crippen molar-refractivity contribution in [1.29, 1.82) is 5.26 Å². The Kier molecular flexibility index (Phi) is 9.50. The number of nitriles is 1. The predicted molar refractivity (Wildman–Crippen MR) is 161 cm³/mol. The fourth-order valence-electron chi connectivity index (χ4n) is 4.61. The van der Waals surface area contributed by atoms with Crippen LogP contribution in [0, 0.1) is 18.3 Å². The number of carbonyl (C=O) groups excluding carboxylic acids is 1. The van der Waals surface area contributed by atoms with Crippen molar-refractivity contribution in [2.24, 2.45) is 0 Å². The van der Waals surface area contributed by atoms with E-state index in [1.807, 2.05) is 49.4 Å². The number of H-pyrrole nitrogens is 1. The number of ether oxygens (including phenoxy) is 3. The van der Waals surface area contributed by atoms with E-state index in [1.54, 1.807) is 13.2 Å². The van der Waals surface area contributed by atoms with E-state index in [-0.39, 0.29) is 5.69 Å². The maximum absolute atomic E-state index is 12.4. The van der Waals surface area contributed by atoms with Gasteiger partial charge in [0.05, 0.1) is 37.4 Å². The maximum atomic E-state index is 12.4. The largest absolute Gasteiger partial charge is 0.496 e. The molecule has 13 heteroatoms. The lowest BCUT2D eigenvalue weighted by Crippen LogP contribution is -2.43. The molecule has 1 fully saturated rings. The molecule has 3 heterocycles. The number of nitrogens with zero attached hydrogens (tertiary/aromatic N) is 5. The van der Waals surface area contributed by atoms with Gasteiger partial charge in [0.1, 0.15) is 29.1 Å². The molecule has 2 aromatic carbocycles. The van der Waals surface area contributed by atoms with Crippen molar-refractivity contribution >= 4 is 23.4 Å². The molecule has 43 heavy (non-hydrogen) atoms. The Morgan fingerprint density at radius 2 is 1.91 bits per heavy atom. The summed E-state index contributed by atoms with van der Waals surface area (Å²) in [6.45, 7) is 6.49. The number of aryl methyl sites for hydroxylation is 1. The molecule has 1 saturated heterocycles. The van der Waals surface area contributed by atoms with E-state index in [1.165, 1.54) is 12.4 Å². The van der Waals surface area contributed by atoms with Crippen molar-refractivity contribution in [2.45, 2.75) is 13.3 Å².